The van der Waals surface area contributed by atoms with Crippen LogP contribution in [0.15, 0.2) is 18.2 Å². The largest absolute Gasteiger partial charge is 0.505 e. The van der Waals surface area contributed by atoms with Gasteiger partial charge in [-0.2, -0.15) is 0 Å². The highest BCUT2D eigenvalue weighted by atomic mass is 19.1. The lowest BCUT2D eigenvalue weighted by atomic mass is 10.0. The zero-order chi connectivity index (χ0) is 15.9. The van der Waals surface area contributed by atoms with Gasteiger partial charge in [-0.25, -0.2) is 4.39 Å². The van der Waals surface area contributed by atoms with Crippen molar-refractivity contribution in [1.29, 1.82) is 0 Å². The Morgan fingerprint density at radius 1 is 1.41 bits per heavy atom. The monoisotopic (exact) mass is 310 g/mol. The smallest absolute Gasteiger partial charge is 0.251 e. The Morgan fingerprint density at radius 3 is 2.95 bits per heavy atom. The van der Waals surface area contributed by atoms with Gasteiger partial charge >= 0.3 is 0 Å². The molecule has 1 saturated heterocycles. The molecule has 122 valence electrons. The molecule has 1 fully saturated rings. The van der Waals surface area contributed by atoms with Gasteiger partial charge in [0.25, 0.3) is 5.91 Å². The summed E-state index contributed by atoms with van der Waals surface area (Å²) in [5.74, 6) is -1.61. The molecule has 0 spiro atoms. The van der Waals surface area contributed by atoms with Gasteiger partial charge in [0, 0.05) is 24.7 Å². The van der Waals surface area contributed by atoms with Gasteiger partial charge in [0.15, 0.2) is 11.6 Å². The lowest BCUT2D eigenvalue weighted by Gasteiger charge is -2.34. The minimum Gasteiger partial charge on any atom is -0.505 e. The van der Waals surface area contributed by atoms with Gasteiger partial charge in [0.1, 0.15) is 0 Å². The predicted molar refractivity (Wildman–Crippen MR) is 81.3 cm³/mol. The number of aliphatic hydroxyl groups is 1. The third-order valence-electron chi connectivity index (χ3n) is 4.08. The Kier molecular flexibility index (Phi) is 6.15. The van der Waals surface area contributed by atoms with Crippen LogP contribution in [0.4, 0.5) is 4.39 Å². The van der Waals surface area contributed by atoms with Crippen molar-refractivity contribution in [2.45, 2.75) is 31.7 Å². The maximum absolute atomic E-state index is 13.2. The molecule has 1 atom stereocenters. The summed E-state index contributed by atoms with van der Waals surface area (Å²) >= 11 is 0. The van der Waals surface area contributed by atoms with Crippen LogP contribution in [-0.4, -0.2) is 53.3 Å². The fourth-order valence-electron chi connectivity index (χ4n) is 2.80. The van der Waals surface area contributed by atoms with Gasteiger partial charge in [0.05, 0.1) is 6.61 Å². The molecule has 2 rings (SSSR count). The van der Waals surface area contributed by atoms with Crippen LogP contribution in [0.5, 0.6) is 5.75 Å². The molecule has 1 aromatic carbocycles. The number of halogens is 1. The normalized spacial score (nSPS) is 19.1. The molecule has 3 N–H and O–H groups in total. The van der Waals surface area contributed by atoms with Gasteiger partial charge in [-0.1, -0.05) is 6.42 Å². The second-order valence-electron chi connectivity index (χ2n) is 5.64. The number of likely N-dealkylation sites (tertiary alicyclic amines) is 1. The van der Waals surface area contributed by atoms with E-state index < -0.39 is 11.6 Å². The summed E-state index contributed by atoms with van der Waals surface area (Å²) in [6.07, 6.45) is 4.11. The minimum absolute atomic E-state index is 0.180. The van der Waals surface area contributed by atoms with Gasteiger partial charge < -0.3 is 15.5 Å². The summed E-state index contributed by atoms with van der Waals surface area (Å²) in [5.41, 5.74) is 0.196. The third-order valence-corrected chi connectivity index (χ3v) is 4.08. The lowest BCUT2D eigenvalue weighted by molar-refractivity contribution is 0.0868. The first-order valence-electron chi connectivity index (χ1n) is 7.73. The number of nitrogens with one attached hydrogen (secondary N) is 1. The highest BCUT2D eigenvalue weighted by Gasteiger charge is 2.20. The highest BCUT2D eigenvalue weighted by Crippen LogP contribution is 2.17. The minimum atomic E-state index is -0.799. The highest BCUT2D eigenvalue weighted by molar-refractivity contribution is 5.94. The number of rotatable bonds is 6. The zero-order valence-corrected chi connectivity index (χ0v) is 12.6. The molecule has 1 amide bonds. The van der Waals surface area contributed by atoms with E-state index in [2.05, 4.69) is 10.2 Å². The van der Waals surface area contributed by atoms with E-state index in [0.29, 0.717) is 6.54 Å². The molecular formula is C16H23FN2O3. The van der Waals surface area contributed by atoms with Crippen LogP contribution in [0.25, 0.3) is 0 Å². The van der Waals surface area contributed by atoms with Crippen molar-refractivity contribution in [2.24, 2.45) is 0 Å². The summed E-state index contributed by atoms with van der Waals surface area (Å²) in [7, 11) is 0. The Morgan fingerprint density at radius 2 is 2.23 bits per heavy atom. The summed E-state index contributed by atoms with van der Waals surface area (Å²) in [6.45, 7) is 2.49. The number of carbonyl (C=O) groups is 1. The summed E-state index contributed by atoms with van der Waals surface area (Å²) in [5, 5.41) is 21.2. The van der Waals surface area contributed by atoms with Crippen LogP contribution in [0, 0.1) is 5.82 Å². The SMILES string of the molecule is O=C(NCCCN1CCCCC1CO)c1ccc(O)c(F)c1. The standard InChI is InChI=1S/C16H23FN2O3/c17-14-10-12(5-6-15(14)21)16(22)18-7-3-9-19-8-2-1-4-13(19)11-20/h5-6,10,13,20-21H,1-4,7-9,11H2,(H,18,22). The molecule has 1 unspecified atom stereocenters. The Bertz CT molecular complexity index is 510. The van der Waals surface area contributed by atoms with Crippen molar-refractivity contribution >= 4 is 5.91 Å². The van der Waals surface area contributed by atoms with Crippen LogP contribution < -0.4 is 5.32 Å². The van der Waals surface area contributed by atoms with Crippen molar-refractivity contribution in [1.82, 2.24) is 10.2 Å². The molecule has 6 heteroatoms. The van der Waals surface area contributed by atoms with Crippen molar-refractivity contribution in [3.05, 3.63) is 29.6 Å². The Labute approximate surface area is 129 Å². The van der Waals surface area contributed by atoms with Crippen LogP contribution >= 0.6 is 0 Å². The van der Waals surface area contributed by atoms with E-state index >= 15 is 0 Å². The van der Waals surface area contributed by atoms with Crippen LogP contribution in [0.1, 0.15) is 36.0 Å². The van der Waals surface area contributed by atoms with Crippen molar-refractivity contribution in [2.75, 3.05) is 26.2 Å². The van der Waals surface area contributed by atoms with E-state index in [1.807, 2.05) is 0 Å². The second-order valence-corrected chi connectivity index (χ2v) is 5.64. The first-order chi connectivity index (χ1) is 10.6. The van der Waals surface area contributed by atoms with Gasteiger partial charge in [-0.05, 0) is 44.0 Å². The number of amides is 1. The molecule has 5 nitrogen and oxygen atoms in total. The molecule has 0 aromatic heterocycles. The molecule has 22 heavy (non-hydrogen) atoms. The quantitative estimate of drug-likeness (QED) is 0.696. The maximum Gasteiger partial charge on any atom is 0.251 e. The number of hydrogen-bond donors (Lipinski definition) is 3. The first kappa shape index (κ1) is 16.7. The van der Waals surface area contributed by atoms with Gasteiger partial charge in [0.2, 0.25) is 0 Å². The van der Waals surface area contributed by atoms with E-state index in [4.69, 9.17) is 5.11 Å². The molecule has 0 bridgehead atoms. The summed E-state index contributed by atoms with van der Waals surface area (Å²) < 4.78 is 13.2. The summed E-state index contributed by atoms with van der Waals surface area (Å²) in [6, 6.07) is 3.82. The molecule has 1 aromatic rings. The number of benzene rings is 1. The Balaban J connectivity index is 1.73. The van der Waals surface area contributed by atoms with Crippen molar-refractivity contribution in [3.8, 4) is 5.75 Å². The second kappa shape index (κ2) is 8.10. The maximum atomic E-state index is 13.2. The number of carbonyl (C=O) groups excluding carboxylic acids is 1. The van der Waals surface area contributed by atoms with Gasteiger partial charge in [-0.3, -0.25) is 9.69 Å². The summed E-state index contributed by atoms with van der Waals surface area (Å²) in [4.78, 5) is 14.1. The molecule has 1 aliphatic rings. The molecular weight excluding hydrogens is 287 g/mol. The average molecular weight is 310 g/mol. The van der Waals surface area contributed by atoms with E-state index in [-0.39, 0.29) is 24.1 Å². The van der Waals surface area contributed by atoms with E-state index in [0.717, 1.165) is 44.8 Å². The number of aromatic hydroxyl groups is 1. The predicted octanol–water partition coefficient (Wildman–Crippen LogP) is 1.50. The average Bonchev–Trinajstić information content (AvgIpc) is 2.54. The first-order valence-corrected chi connectivity index (χ1v) is 7.73. The molecule has 1 heterocycles. The Hall–Kier alpha value is -1.66. The number of piperidine rings is 1. The molecule has 0 saturated carbocycles. The van der Waals surface area contributed by atoms with Crippen molar-refractivity contribution < 1.29 is 19.4 Å². The van der Waals surface area contributed by atoms with Crippen LogP contribution in [0.2, 0.25) is 0 Å². The molecule has 0 aliphatic carbocycles. The van der Waals surface area contributed by atoms with Crippen LogP contribution in [0.3, 0.4) is 0 Å². The number of phenols is 1. The zero-order valence-electron chi connectivity index (χ0n) is 12.6. The van der Waals surface area contributed by atoms with Crippen molar-refractivity contribution in [3.63, 3.8) is 0 Å². The molecule has 0 radical (unpaired) electrons. The molecule has 1 aliphatic heterocycles. The number of nitrogens with zero attached hydrogens (tertiary/aromatic N) is 1. The number of aliphatic hydroxyl groups excluding tert-OH is 1. The van der Waals surface area contributed by atoms with Crippen LogP contribution in [-0.2, 0) is 0 Å². The lowest BCUT2D eigenvalue weighted by Crippen LogP contribution is -2.43. The third kappa shape index (κ3) is 4.42. The fraction of sp³-hybridized carbons (Fsp3) is 0.562. The number of phenolic OH excluding ortho intramolecular Hbond substituents is 1. The van der Waals surface area contributed by atoms with E-state index in [1.54, 1.807) is 0 Å². The number of hydrogen-bond acceptors (Lipinski definition) is 4. The van der Waals surface area contributed by atoms with E-state index in [9.17, 15) is 14.3 Å². The van der Waals surface area contributed by atoms with Gasteiger partial charge in [-0.15, -0.1) is 0 Å². The fourth-order valence-corrected chi connectivity index (χ4v) is 2.80. The topological polar surface area (TPSA) is 72.8 Å². The van der Waals surface area contributed by atoms with E-state index in [1.165, 1.54) is 12.1 Å².